The molecule has 0 unspecified atom stereocenters. The fraction of sp³-hybridized carbons (Fsp3) is 0.889. The first kappa shape index (κ1) is 8.81. The Kier molecular flexibility index (Phi) is 2.40. The van der Waals surface area contributed by atoms with Crippen LogP contribution in [0.4, 0.5) is 4.79 Å². The summed E-state index contributed by atoms with van der Waals surface area (Å²) >= 11 is 0. The minimum absolute atomic E-state index is 0.276. The maximum Gasteiger partial charge on any atom is 0.314 e. The van der Waals surface area contributed by atoms with E-state index in [1.807, 2.05) is 0 Å². The van der Waals surface area contributed by atoms with E-state index in [2.05, 4.69) is 5.32 Å². The van der Waals surface area contributed by atoms with E-state index in [4.69, 9.17) is 5.73 Å². The van der Waals surface area contributed by atoms with Gasteiger partial charge in [0.1, 0.15) is 0 Å². The van der Waals surface area contributed by atoms with E-state index >= 15 is 0 Å². The molecular formula is C9H17N3O. The van der Waals surface area contributed by atoms with Crippen LogP contribution in [0.25, 0.3) is 0 Å². The van der Waals surface area contributed by atoms with Gasteiger partial charge in [-0.3, -0.25) is 0 Å². The van der Waals surface area contributed by atoms with Crippen LogP contribution >= 0.6 is 0 Å². The smallest absolute Gasteiger partial charge is 0.314 e. The fourth-order valence-electron chi connectivity index (χ4n) is 1.90. The quantitative estimate of drug-likeness (QED) is 0.646. The molecule has 74 valence electrons. The highest BCUT2D eigenvalue weighted by Gasteiger charge is 2.28. The monoisotopic (exact) mass is 183 g/mol. The van der Waals surface area contributed by atoms with E-state index in [-0.39, 0.29) is 6.03 Å². The third kappa shape index (κ3) is 2.34. The molecule has 1 aliphatic heterocycles. The highest BCUT2D eigenvalue weighted by molar-refractivity contribution is 5.72. The molecule has 0 aromatic carbocycles. The van der Waals surface area contributed by atoms with Crippen LogP contribution in [0.3, 0.4) is 0 Å². The molecule has 0 aromatic rings. The number of primary amides is 1. The van der Waals surface area contributed by atoms with Crippen molar-refractivity contribution in [3.8, 4) is 0 Å². The fourth-order valence-corrected chi connectivity index (χ4v) is 1.90. The Balaban J connectivity index is 1.80. The van der Waals surface area contributed by atoms with Crippen molar-refractivity contribution in [1.82, 2.24) is 10.2 Å². The second-order valence-electron chi connectivity index (χ2n) is 4.06. The average molecular weight is 183 g/mol. The van der Waals surface area contributed by atoms with Crippen molar-refractivity contribution in [2.75, 3.05) is 13.1 Å². The molecule has 4 heteroatoms. The Morgan fingerprint density at radius 3 is 2.69 bits per heavy atom. The van der Waals surface area contributed by atoms with Gasteiger partial charge in [-0.2, -0.15) is 0 Å². The normalized spacial score (nSPS) is 28.9. The van der Waals surface area contributed by atoms with Crippen LogP contribution in [-0.4, -0.2) is 36.1 Å². The summed E-state index contributed by atoms with van der Waals surface area (Å²) in [7, 11) is 0. The number of likely N-dealkylation sites (tertiary alicyclic amines) is 1. The van der Waals surface area contributed by atoms with Gasteiger partial charge in [-0.05, 0) is 25.7 Å². The van der Waals surface area contributed by atoms with Crippen molar-refractivity contribution < 1.29 is 4.79 Å². The zero-order valence-electron chi connectivity index (χ0n) is 7.83. The molecule has 1 atom stereocenters. The van der Waals surface area contributed by atoms with Crippen LogP contribution < -0.4 is 11.1 Å². The number of nitrogens with two attached hydrogens (primary N) is 1. The Hall–Kier alpha value is -0.770. The van der Waals surface area contributed by atoms with Gasteiger partial charge < -0.3 is 16.0 Å². The van der Waals surface area contributed by atoms with Gasteiger partial charge in [0.05, 0.1) is 0 Å². The third-order valence-electron chi connectivity index (χ3n) is 2.78. The lowest BCUT2D eigenvalue weighted by Gasteiger charge is -2.32. The lowest BCUT2D eigenvalue weighted by molar-refractivity contribution is 0.181. The van der Waals surface area contributed by atoms with E-state index in [0.29, 0.717) is 6.04 Å². The minimum Gasteiger partial charge on any atom is -0.351 e. The summed E-state index contributed by atoms with van der Waals surface area (Å²) in [4.78, 5) is 12.7. The van der Waals surface area contributed by atoms with Gasteiger partial charge in [0, 0.05) is 25.2 Å². The molecule has 2 amide bonds. The molecule has 0 aromatic heterocycles. The summed E-state index contributed by atoms with van der Waals surface area (Å²) in [6, 6.07) is 0.925. The Labute approximate surface area is 78.5 Å². The molecule has 2 fully saturated rings. The van der Waals surface area contributed by atoms with Crippen molar-refractivity contribution >= 4 is 6.03 Å². The maximum absolute atomic E-state index is 10.9. The number of piperidine rings is 1. The van der Waals surface area contributed by atoms with Crippen LogP contribution in [0.5, 0.6) is 0 Å². The van der Waals surface area contributed by atoms with Gasteiger partial charge in [0.2, 0.25) is 0 Å². The van der Waals surface area contributed by atoms with Crippen LogP contribution in [0.15, 0.2) is 0 Å². The molecule has 1 saturated carbocycles. The summed E-state index contributed by atoms with van der Waals surface area (Å²) < 4.78 is 0. The highest BCUT2D eigenvalue weighted by atomic mass is 16.2. The first-order valence-electron chi connectivity index (χ1n) is 5.06. The summed E-state index contributed by atoms with van der Waals surface area (Å²) in [5.74, 6) is 0. The predicted octanol–water partition coefficient (Wildman–Crippen LogP) is 0.281. The number of nitrogens with zero attached hydrogens (tertiary/aromatic N) is 1. The SMILES string of the molecule is NC(=O)N1CCC[C@@H](NC2CC2)C1. The number of carbonyl (C=O) groups is 1. The largest absolute Gasteiger partial charge is 0.351 e. The average Bonchev–Trinajstić information content (AvgIpc) is 2.89. The van der Waals surface area contributed by atoms with Crippen LogP contribution in [0.2, 0.25) is 0 Å². The second kappa shape index (κ2) is 3.54. The van der Waals surface area contributed by atoms with Crippen molar-refractivity contribution in [3.63, 3.8) is 0 Å². The lowest BCUT2D eigenvalue weighted by atomic mass is 10.1. The van der Waals surface area contributed by atoms with E-state index in [9.17, 15) is 4.79 Å². The standard InChI is InChI=1S/C9H17N3O/c10-9(13)12-5-1-2-8(6-12)11-7-3-4-7/h7-8,11H,1-6H2,(H2,10,13)/t8-/m1/s1. The Morgan fingerprint density at radius 1 is 1.31 bits per heavy atom. The number of rotatable bonds is 2. The molecule has 13 heavy (non-hydrogen) atoms. The molecule has 1 heterocycles. The van der Waals surface area contributed by atoms with Crippen molar-refractivity contribution in [1.29, 1.82) is 0 Å². The second-order valence-corrected chi connectivity index (χ2v) is 4.06. The lowest BCUT2D eigenvalue weighted by Crippen LogP contribution is -2.50. The van der Waals surface area contributed by atoms with Crippen molar-refractivity contribution in [2.45, 2.75) is 37.8 Å². The molecule has 2 aliphatic rings. The number of urea groups is 1. The molecule has 0 spiro atoms. The van der Waals surface area contributed by atoms with Crippen LogP contribution in [0.1, 0.15) is 25.7 Å². The van der Waals surface area contributed by atoms with Gasteiger partial charge in [0.25, 0.3) is 0 Å². The topological polar surface area (TPSA) is 58.4 Å². The first-order chi connectivity index (χ1) is 6.25. The van der Waals surface area contributed by atoms with Gasteiger partial charge >= 0.3 is 6.03 Å². The first-order valence-corrected chi connectivity index (χ1v) is 5.06. The number of hydrogen-bond acceptors (Lipinski definition) is 2. The molecule has 1 saturated heterocycles. The minimum atomic E-state index is -0.276. The number of hydrogen-bond donors (Lipinski definition) is 2. The zero-order valence-corrected chi connectivity index (χ0v) is 7.83. The number of amides is 2. The predicted molar refractivity (Wildman–Crippen MR) is 50.3 cm³/mol. The molecular weight excluding hydrogens is 166 g/mol. The Bertz CT molecular complexity index is 203. The summed E-state index contributed by atoms with van der Waals surface area (Å²) in [6.07, 6.45) is 4.85. The van der Waals surface area contributed by atoms with Gasteiger partial charge in [-0.1, -0.05) is 0 Å². The van der Waals surface area contributed by atoms with E-state index in [1.165, 1.54) is 19.3 Å². The molecule has 0 radical (unpaired) electrons. The Morgan fingerprint density at radius 2 is 2.08 bits per heavy atom. The molecule has 0 bridgehead atoms. The summed E-state index contributed by atoms with van der Waals surface area (Å²) in [6.45, 7) is 1.63. The van der Waals surface area contributed by atoms with Crippen molar-refractivity contribution in [2.24, 2.45) is 5.73 Å². The van der Waals surface area contributed by atoms with Gasteiger partial charge in [-0.15, -0.1) is 0 Å². The van der Waals surface area contributed by atoms with Gasteiger partial charge in [0.15, 0.2) is 0 Å². The molecule has 4 nitrogen and oxygen atoms in total. The molecule has 2 rings (SSSR count). The van der Waals surface area contributed by atoms with E-state index < -0.39 is 0 Å². The zero-order chi connectivity index (χ0) is 9.26. The highest BCUT2D eigenvalue weighted by Crippen LogP contribution is 2.21. The number of nitrogens with one attached hydrogen (secondary N) is 1. The van der Waals surface area contributed by atoms with Gasteiger partial charge in [-0.25, -0.2) is 4.79 Å². The van der Waals surface area contributed by atoms with Crippen LogP contribution in [0, 0.1) is 0 Å². The molecule has 1 aliphatic carbocycles. The number of carbonyl (C=O) groups excluding carboxylic acids is 1. The van der Waals surface area contributed by atoms with Crippen molar-refractivity contribution in [3.05, 3.63) is 0 Å². The van der Waals surface area contributed by atoms with E-state index in [0.717, 1.165) is 25.6 Å². The van der Waals surface area contributed by atoms with Crippen LogP contribution in [-0.2, 0) is 0 Å². The summed E-state index contributed by atoms with van der Waals surface area (Å²) in [5.41, 5.74) is 5.24. The summed E-state index contributed by atoms with van der Waals surface area (Å²) in [5, 5.41) is 3.53. The molecule has 3 N–H and O–H groups in total. The van der Waals surface area contributed by atoms with E-state index in [1.54, 1.807) is 4.90 Å². The third-order valence-corrected chi connectivity index (χ3v) is 2.78. The maximum atomic E-state index is 10.9.